The average Bonchev–Trinajstić information content (AvgIpc) is 2.29. The molecule has 0 heterocycles. The van der Waals surface area contributed by atoms with Gasteiger partial charge in [0.05, 0.1) is 12.5 Å². The van der Waals surface area contributed by atoms with Crippen molar-refractivity contribution in [2.45, 2.75) is 13.3 Å². The Bertz CT molecular complexity index is 412. The molecule has 0 fully saturated rings. The maximum absolute atomic E-state index is 12.0. The number of nitrogens with zero attached hydrogens (tertiary/aromatic N) is 2. The first kappa shape index (κ1) is 12.5. The number of halogens is 1. The van der Waals surface area contributed by atoms with Crippen LogP contribution >= 0.6 is 11.6 Å². The van der Waals surface area contributed by atoms with Gasteiger partial charge in [0.2, 0.25) is 0 Å². The Morgan fingerprint density at radius 1 is 1.56 bits per heavy atom. The van der Waals surface area contributed by atoms with Gasteiger partial charge in [-0.05, 0) is 25.1 Å². The normalized spacial score (nSPS) is 9.56. The van der Waals surface area contributed by atoms with Crippen molar-refractivity contribution in [1.29, 1.82) is 5.26 Å². The van der Waals surface area contributed by atoms with Crippen molar-refractivity contribution in [3.05, 3.63) is 34.9 Å². The Morgan fingerprint density at radius 2 is 2.31 bits per heavy atom. The van der Waals surface area contributed by atoms with E-state index in [2.05, 4.69) is 0 Å². The van der Waals surface area contributed by atoms with E-state index in [-0.39, 0.29) is 5.91 Å². The molecule has 0 saturated heterocycles. The molecular weight excluding hydrogens is 224 g/mol. The van der Waals surface area contributed by atoms with Crippen LogP contribution in [0.2, 0.25) is 5.02 Å². The minimum absolute atomic E-state index is 0.0831. The highest BCUT2D eigenvalue weighted by Crippen LogP contribution is 2.12. The molecule has 1 rings (SSSR count). The number of carbonyl (C=O) groups excluding carboxylic acids is 1. The fourth-order valence-corrected chi connectivity index (χ4v) is 1.58. The van der Waals surface area contributed by atoms with Gasteiger partial charge in [-0.3, -0.25) is 4.79 Å². The standard InChI is InChI=1S/C12H13ClN2O/c1-2-15(8-4-7-14)12(16)10-5-3-6-11(13)9-10/h3,5-6,9H,2,4,8H2,1H3. The summed E-state index contributed by atoms with van der Waals surface area (Å²) in [6, 6.07) is 8.86. The van der Waals surface area contributed by atoms with E-state index in [9.17, 15) is 4.79 Å². The molecule has 0 unspecified atom stereocenters. The van der Waals surface area contributed by atoms with E-state index in [1.54, 1.807) is 29.2 Å². The van der Waals surface area contributed by atoms with Crippen LogP contribution in [0.15, 0.2) is 24.3 Å². The van der Waals surface area contributed by atoms with Crippen molar-refractivity contribution in [1.82, 2.24) is 4.90 Å². The zero-order valence-corrected chi connectivity index (χ0v) is 9.87. The lowest BCUT2D eigenvalue weighted by Crippen LogP contribution is -2.31. The Labute approximate surface area is 100 Å². The minimum Gasteiger partial charge on any atom is -0.338 e. The molecule has 0 aliphatic rings. The van der Waals surface area contributed by atoms with Crippen molar-refractivity contribution in [3.63, 3.8) is 0 Å². The van der Waals surface area contributed by atoms with Gasteiger partial charge in [-0.25, -0.2) is 0 Å². The number of carbonyl (C=O) groups is 1. The minimum atomic E-state index is -0.0831. The van der Waals surface area contributed by atoms with Gasteiger partial charge in [0, 0.05) is 23.7 Å². The molecule has 16 heavy (non-hydrogen) atoms. The van der Waals surface area contributed by atoms with Crippen LogP contribution in [0.5, 0.6) is 0 Å². The van der Waals surface area contributed by atoms with Gasteiger partial charge < -0.3 is 4.90 Å². The van der Waals surface area contributed by atoms with Crippen molar-refractivity contribution in [3.8, 4) is 6.07 Å². The first-order chi connectivity index (χ1) is 7.69. The van der Waals surface area contributed by atoms with Crippen LogP contribution in [0.25, 0.3) is 0 Å². The van der Waals surface area contributed by atoms with Crippen LogP contribution in [-0.4, -0.2) is 23.9 Å². The number of hydrogen-bond donors (Lipinski definition) is 0. The number of amides is 1. The molecule has 4 heteroatoms. The molecule has 0 bridgehead atoms. The van der Waals surface area contributed by atoms with Crippen LogP contribution in [-0.2, 0) is 0 Å². The largest absolute Gasteiger partial charge is 0.338 e. The molecule has 0 radical (unpaired) electrons. The summed E-state index contributed by atoms with van der Waals surface area (Å²) in [7, 11) is 0. The fourth-order valence-electron chi connectivity index (χ4n) is 1.39. The zero-order chi connectivity index (χ0) is 12.0. The zero-order valence-electron chi connectivity index (χ0n) is 9.11. The van der Waals surface area contributed by atoms with Crippen LogP contribution < -0.4 is 0 Å². The highest BCUT2D eigenvalue weighted by atomic mass is 35.5. The summed E-state index contributed by atoms with van der Waals surface area (Å²) in [5, 5.41) is 9.04. The summed E-state index contributed by atoms with van der Waals surface area (Å²) in [6.07, 6.45) is 0.347. The molecule has 1 aromatic rings. The molecule has 1 amide bonds. The lowest BCUT2D eigenvalue weighted by Gasteiger charge is -2.19. The van der Waals surface area contributed by atoms with Gasteiger partial charge in [-0.1, -0.05) is 17.7 Å². The fraction of sp³-hybridized carbons (Fsp3) is 0.333. The summed E-state index contributed by atoms with van der Waals surface area (Å²) in [4.78, 5) is 13.6. The lowest BCUT2D eigenvalue weighted by atomic mass is 10.2. The van der Waals surface area contributed by atoms with E-state index in [4.69, 9.17) is 16.9 Å². The molecule has 0 spiro atoms. The van der Waals surface area contributed by atoms with Crippen molar-refractivity contribution in [2.75, 3.05) is 13.1 Å². The maximum atomic E-state index is 12.0. The first-order valence-electron chi connectivity index (χ1n) is 5.10. The quantitative estimate of drug-likeness (QED) is 0.807. The highest BCUT2D eigenvalue weighted by Gasteiger charge is 2.13. The number of nitriles is 1. The lowest BCUT2D eigenvalue weighted by molar-refractivity contribution is 0.0768. The second kappa shape index (κ2) is 6.14. The number of benzene rings is 1. The molecular formula is C12H13ClN2O. The second-order valence-electron chi connectivity index (χ2n) is 3.30. The Kier molecular flexibility index (Phi) is 4.81. The van der Waals surface area contributed by atoms with Crippen LogP contribution in [0, 0.1) is 11.3 Å². The van der Waals surface area contributed by atoms with Crippen molar-refractivity contribution < 1.29 is 4.79 Å². The molecule has 0 aliphatic carbocycles. The van der Waals surface area contributed by atoms with Gasteiger partial charge in [0.25, 0.3) is 5.91 Å². The molecule has 3 nitrogen and oxygen atoms in total. The van der Waals surface area contributed by atoms with Crippen LogP contribution in [0.1, 0.15) is 23.7 Å². The Balaban J connectivity index is 2.79. The summed E-state index contributed by atoms with van der Waals surface area (Å²) >= 11 is 5.82. The third-order valence-electron chi connectivity index (χ3n) is 2.23. The van der Waals surface area contributed by atoms with E-state index in [1.165, 1.54) is 0 Å². The van der Waals surface area contributed by atoms with E-state index in [1.807, 2.05) is 13.0 Å². The molecule has 0 aliphatic heterocycles. The predicted molar refractivity (Wildman–Crippen MR) is 63.3 cm³/mol. The summed E-state index contributed by atoms with van der Waals surface area (Å²) in [6.45, 7) is 2.94. The maximum Gasteiger partial charge on any atom is 0.253 e. The number of hydrogen-bond acceptors (Lipinski definition) is 2. The molecule has 84 valence electrons. The van der Waals surface area contributed by atoms with Crippen LogP contribution in [0.3, 0.4) is 0 Å². The third-order valence-corrected chi connectivity index (χ3v) is 2.47. The van der Waals surface area contributed by atoms with E-state index >= 15 is 0 Å². The van der Waals surface area contributed by atoms with Crippen molar-refractivity contribution >= 4 is 17.5 Å². The summed E-state index contributed by atoms with van der Waals surface area (Å²) in [5.74, 6) is -0.0831. The third kappa shape index (κ3) is 3.25. The number of rotatable bonds is 4. The average molecular weight is 237 g/mol. The topological polar surface area (TPSA) is 44.1 Å². The predicted octanol–water partition coefficient (Wildman–Crippen LogP) is 2.72. The molecule has 0 atom stereocenters. The second-order valence-corrected chi connectivity index (χ2v) is 3.74. The molecule has 0 N–H and O–H groups in total. The smallest absolute Gasteiger partial charge is 0.253 e. The van der Waals surface area contributed by atoms with Gasteiger partial charge in [0.15, 0.2) is 0 Å². The Morgan fingerprint density at radius 3 is 2.88 bits per heavy atom. The summed E-state index contributed by atoms with van der Waals surface area (Å²) in [5.41, 5.74) is 0.562. The highest BCUT2D eigenvalue weighted by molar-refractivity contribution is 6.30. The van der Waals surface area contributed by atoms with Crippen molar-refractivity contribution in [2.24, 2.45) is 0 Å². The first-order valence-corrected chi connectivity index (χ1v) is 5.48. The van der Waals surface area contributed by atoms with Gasteiger partial charge in [-0.2, -0.15) is 5.26 Å². The van der Waals surface area contributed by atoms with Gasteiger partial charge in [0.1, 0.15) is 0 Å². The SMILES string of the molecule is CCN(CCC#N)C(=O)c1cccc(Cl)c1. The van der Waals surface area contributed by atoms with Gasteiger partial charge >= 0.3 is 0 Å². The van der Waals surface area contributed by atoms with E-state index in [0.717, 1.165) is 0 Å². The summed E-state index contributed by atoms with van der Waals surface area (Å²) < 4.78 is 0. The molecule has 0 aromatic heterocycles. The van der Waals surface area contributed by atoms with E-state index < -0.39 is 0 Å². The molecule has 0 saturated carbocycles. The van der Waals surface area contributed by atoms with Gasteiger partial charge in [-0.15, -0.1) is 0 Å². The van der Waals surface area contributed by atoms with E-state index in [0.29, 0.717) is 30.1 Å². The molecule has 1 aromatic carbocycles. The van der Waals surface area contributed by atoms with Crippen LogP contribution in [0.4, 0.5) is 0 Å². The Hall–Kier alpha value is -1.53. The monoisotopic (exact) mass is 236 g/mol.